The fraction of sp³-hybridized carbons (Fsp3) is 0.545. The van der Waals surface area contributed by atoms with Crippen LogP contribution in [0.5, 0.6) is 0 Å². The number of hydrogen-bond acceptors (Lipinski definition) is 5. The van der Waals surface area contributed by atoms with Gasteiger partial charge in [-0.25, -0.2) is 9.97 Å². The van der Waals surface area contributed by atoms with Crippen LogP contribution in [0.1, 0.15) is 55.9 Å². The van der Waals surface area contributed by atoms with Crippen molar-refractivity contribution in [3.63, 3.8) is 0 Å². The molecule has 0 atom stereocenters. The van der Waals surface area contributed by atoms with Gasteiger partial charge < -0.3 is 10.2 Å². The normalized spacial score (nSPS) is 18.4. The van der Waals surface area contributed by atoms with Crippen LogP contribution in [-0.4, -0.2) is 68.4 Å². The topological polar surface area (TPSA) is 83.4 Å². The van der Waals surface area contributed by atoms with Crippen LogP contribution in [0.15, 0.2) is 30.9 Å². The molecule has 1 saturated heterocycles. The number of hydrogen-bond donors (Lipinski definition) is 1. The van der Waals surface area contributed by atoms with Crippen molar-refractivity contribution >= 4 is 17.5 Å². The molecule has 1 aliphatic carbocycles. The minimum Gasteiger partial charge on any atom is -0.335 e. The van der Waals surface area contributed by atoms with Crippen LogP contribution < -0.4 is 5.32 Å². The third kappa shape index (κ3) is 4.70. The second-order valence-electron chi connectivity index (χ2n) is 8.09. The summed E-state index contributed by atoms with van der Waals surface area (Å²) in [5, 5.41) is 2.77. The maximum Gasteiger partial charge on any atom is 0.274 e. The minimum atomic E-state index is -0.0522. The fourth-order valence-corrected chi connectivity index (χ4v) is 4.32. The number of pyridine rings is 1. The lowest BCUT2D eigenvalue weighted by Crippen LogP contribution is -2.52. The molecule has 1 aliphatic heterocycles. The van der Waals surface area contributed by atoms with Crippen molar-refractivity contribution < 1.29 is 9.59 Å². The van der Waals surface area contributed by atoms with Gasteiger partial charge in [0.15, 0.2) is 0 Å². The molecular formula is C22H30N6O2. The van der Waals surface area contributed by atoms with Crippen LogP contribution in [-0.2, 0) is 4.79 Å². The van der Waals surface area contributed by atoms with Crippen molar-refractivity contribution in [1.82, 2.24) is 24.3 Å². The number of carbonyl (C=O) groups excluding carboxylic acids is 2. The molecule has 2 fully saturated rings. The molecule has 8 nitrogen and oxygen atoms in total. The number of carbonyl (C=O) groups is 2. The standard InChI is InChI=1S/C22H30N6O2/c1-2-21(29)25-17-8-9-20(23-14-17)28-15-19(24-16-28)22(30)27-12-10-26(11-13-27)18-6-4-3-5-7-18/h8-9,14-16,18H,2-7,10-13H2,1H3,(H,25,29). The first-order chi connectivity index (χ1) is 14.6. The predicted molar refractivity (Wildman–Crippen MR) is 115 cm³/mol. The summed E-state index contributed by atoms with van der Waals surface area (Å²) in [6.07, 6.45) is 12.0. The summed E-state index contributed by atoms with van der Waals surface area (Å²) in [7, 11) is 0. The number of amides is 2. The summed E-state index contributed by atoms with van der Waals surface area (Å²) >= 11 is 0. The van der Waals surface area contributed by atoms with E-state index in [9.17, 15) is 9.59 Å². The molecule has 4 rings (SSSR count). The quantitative estimate of drug-likeness (QED) is 0.819. The monoisotopic (exact) mass is 410 g/mol. The van der Waals surface area contributed by atoms with Crippen LogP contribution in [0, 0.1) is 0 Å². The largest absolute Gasteiger partial charge is 0.335 e. The number of nitrogens with zero attached hydrogens (tertiary/aromatic N) is 5. The average molecular weight is 411 g/mol. The summed E-state index contributed by atoms with van der Waals surface area (Å²) in [6.45, 7) is 5.21. The van der Waals surface area contributed by atoms with Gasteiger partial charge in [0.1, 0.15) is 17.8 Å². The Morgan fingerprint density at radius 2 is 1.83 bits per heavy atom. The van der Waals surface area contributed by atoms with E-state index in [1.807, 2.05) is 4.90 Å². The van der Waals surface area contributed by atoms with Gasteiger partial charge in [0.25, 0.3) is 5.91 Å². The number of anilines is 1. The summed E-state index contributed by atoms with van der Waals surface area (Å²) < 4.78 is 1.73. The SMILES string of the molecule is CCC(=O)Nc1ccc(-n2cnc(C(=O)N3CCN(C4CCCCC4)CC3)c2)nc1. The van der Waals surface area contributed by atoms with E-state index < -0.39 is 0 Å². The third-order valence-corrected chi connectivity index (χ3v) is 6.11. The maximum atomic E-state index is 12.9. The number of imidazole rings is 1. The molecule has 2 amide bonds. The Kier molecular flexibility index (Phi) is 6.42. The average Bonchev–Trinajstić information content (AvgIpc) is 3.30. The van der Waals surface area contributed by atoms with E-state index in [1.54, 1.807) is 42.3 Å². The molecule has 8 heteroatoms. The van der Waals surface area contributed by atoms with Gasteiger partial charge in [-0.3, -0.25) is 19.1 Å². The van der Waals surface area contributed by atoms with Crippen LogP contribution in [0.2, 0.25) is 0 Å². The Morgan fingerprint density at radius 3 is 2.50 bits per heavy atom. The van der Waals surface area contributed by atoms with Crippen LogP contribution in [0.25, 0.3) is 5.82 Å². The molecule has 0 unspecified atom stereocenters. The number of rotatable bonds is 5. The Morgan fingerprint density at radius 1 is 1.07 bits per heavy atom. The van der Waals surface area contributed by atoms with Gasteiger partial charge in [-0.2, -0.15) is 0 Å². The van der Waals surface area contributed by atoms with E-state index in [4.69, 9.17) is 0 Å². The summed E-state index contributed by atoms with van der Waals surface area (Å²) in [4.78, 5) is 37.5. The first kappa shape index (κ1) is 20.5. The van der Waals surface area contributed by atoms with Gasteiger partial charge >= 0.3 is 0 Å². The van der Waals surface area contributed by atoms with Crippen LogP contribution in [0.4, 0.5) is 5.69 Å². The number of piperazine rings is 1. The van der Waals surface area contributed by atoms with E-state index in [-0.39, 0.29) is 11.8 Å². The highest BCUT2D eigenvalue weighted by Gasteiger charge is 2.28. The molecule has 3 heterocycles. The Hall–Kier alpha value is -2.74. The van der Waals surface area contributed by atoms with E-state index in [1.165, 1.54) is 32.1 Å². The summed E-state index contributed by atoms with van der Waals surface area (Å²) in [6, 6.07) is 4.29. The second-order valence-corrected chi connectivity index (χ2v) is 8.09. The zero-order chi connectivity index (χ0) is 20.9. The molecule has 1 saturated carbocycles. The van der Waals surface area contributed by atoms with E-state index in [0.29, 0.717) is 29.7 Å². The lowest BCUT2D eigenvalue weighted by Gasteiger charge is -2.40. The molecule has 2 aromatic rings. The predicted octanol–water partition coefficient (Wildman–Crippen LogP) is 2.71. The molecule has 0 aromatic carbocycles. The number of nitrogens with one attached hydrogen (secondary N) is 1. The van der Waals surface area contributed by atoms with Gasteiger partial charge in [0, 0.05) is 44.8 Å². The molecule has 0 bridgehead atoms. The van der Waals surface area contributed by atoms with E-state index in [0.717, 1.165) is 26.2 Å². The Labute approximate surface area is 177 Å². The zero-order valence-corrected chi connectivity index (χ0v) is 17.6. The Bertz CT molecular complexity index is 864. The van der Waals surface area contributed by atoms with Crippen LogP contribution in [0.3, 0.4) is 0 Å². The lowest BCUT2D eigenvalue weighted by molar-refractivity contribution is -0.115. The highest BCUT2D eigenvalue weighted by atomic mass is 16.2. The van der Waals surface area contributed by atoms with Gasteiger partial charge in [-0.05, 0) is 25.0 Å². The van der Waals surface area contributed by atoms with Crippen molar-refractivity contribution in [2.24, 2.45) is 0 Å². The first-order valence-corrected chi connectivity index (χ1v) is 11.0. The lowest BCUT2D eigenvalue weighted by atomic mass is 9.94. The molecule has 30 heavy (non-hydrogen) atoms. The highest BCUT2D eigenvalue weighted by Crippen LogP contribution is 2.23. The zero-order valence-electron chi connectivity index (χ0n) is 17.6. The van der Waals surface area contributed by atoms with E-state index in [2.05, 4.69) is 20.2 Å². The first-order valence-electron chi connectivity index (χ1n) is 11.0. The second kappa shape index (κ2) is 9.38. The number of aromatic nitrogens is 3. The van der Waals surface area contributed by atoms with Gasteiger partial charge in [0.2, 0.25) is 5.91 Å². The maximum absolute atomic E-state index is 12.9. The van der Waals surface area contributed by atoms with Gasteiger partial charge in [0.05, 0.1) is 11.9 Å². The van der Waals surface area contributed by atoms with Crippen LogP contribution >= 0.6 is 0 Å². The molecule has 2 aromatic heterocycles. The van der Waals surface area contributed by atoms with Crippen molar-refractivity contribution in [3.05, 3.63) is 36.5 Å². The molecule has 1 N–H and O–H groups in total. The molecule has 2 aliphatic rings. The fourth-order valence-electron chi connectivity index (χ4n) is 4.32. The third-order valence-electron chi connectivity index (χ3n) is 6.11. The smallest absolute Gasteiger partial charge is 0.274 e. The van der Waals surface area contributed by atoms with Crippen molar-refractivity contribution in [1.29, 1.82) is 0 Å². The Balaban J connectivity index is 1.34. The van der Waals surface area contributed by atoms with Gasteiger partial charge in [-0.15, -0.1) is 0 Å². The molecule has 0 spiro atoms. The minimum absolute atomic E-state index is 0.0242. The summed E-state index contributed by atoms with van der Waals surface area (Å²) in [5.41, 5.74) is 1.09. The van der Waals surface area contributed by atoms with E-state index >= 15 is 0 Å². The van der Waals surface area contributed by atoms with Crippen molar-refractivity contribution in [2.75, 3.05) is 31.5 Å². The molecule has 160 valence electrons. The summed E-state index contributed by atoms with van der Waals surface area (Å²) in [5.74, 6) is 0.575. The highest BCUT2D eigenvalue weighted by molar-refractivity contribution is 5.92. The molecule has 0 radical (unpaired) electrons. The van der Waals surface area contributed by atoms with Crippen molar-refractivity contribution in [2.45, 2.75) is 51.5 Å². The van der Waals surface area contributed by atoms with Crippen molar-refractivity contribution in [3.8, 4) is 5.82 Å². The molecular weight excluding hydrogens is 380 g/mol. The van der Waals surface area contributed by atoms with Gasteiger partial charge in [-0.1, -0.05) is 26.2 Å².